The van der Waals surface area contributed by atoms with E-state index in [9.17, 15) is 0 Å². The van der Waals surface area contributed by atoms with Crippen LogP contribution in [0.15, 0.2) is 39.8 Å². The van der Waals surface area contributed by atoms with Crippen molar-refractivity contribution in [3.63, 3.8) is 0 Å². The van der Waals surface area contributed by atoms with Gasteiger partial charge in [0.05, 0.1) is 11.1 Å². The van der Waals surface area contributed by atoms with Gasteiger partial charge in [0.15, 0.2) is 0 Å². The van der Waals surface area contributed by atoms with Crippen LogP contribution in [0, 0.1) is 0 Å². The van der Waals surface area contributed by atoms with Gasteiger partial charge < -0.3 is 15.7 Å². The van der Waals surface area contributed by atoms with E-state index in [1.54, 1.807) is 6.20 Å². The molecule has 0 spiro atoms. The first kappa shape index (κ1) is 15.0. The predicted octanol–water partition coefficient (Wildman–Crippen LogP) is 2.35. The Morgan fingerprint density at radius 2 is 2.05 bits per heavy atom. The quantitative estimate of drug-likeness (QED) is 0.590. The van der Waals surface area contributed by atoms with E-state index in [1.165, 1.54) is 11.9 Å². The van der Waals surface area contributed by atoms with Crippen LogP contribution in [0.4, 0.5) is 17.5 Å². The Labute approximate surface area is 129 Å². The Kier molecular flexibility index (Phi) is 5.60. The van der Waals surface area contributed by atoms with Gasteiger partial charge in [-0.1, -0.05) is 0 Å². The van der Waals surface area contributed by atoms with E-state index >= 15 is 0 Å². The number of nitrogens with one attached hydrogen (secondary N) is 2. The first-order valence-electron chi connectivity index (χ1n) is 5.84. The second-order valence-corrected chi connectivity index (χ2v) is 5.37. The van der Waals surface area contributed by atoms with Crippen molar-refractivity contribution in [2.45, 2.75) is 4.90 Å². The summed E-state index contributed by atoms with van der Waals surface area (Å²) in [5, 5.41) is 20.4. The van der Waals surface area contributed by atoms with Gasteiger partial charge in [-0.05, 0) is 52.1 Å². The normalized spacial score (nSPS) is 10.3. The van der Waals surface area contributed by atoms with Crippen molar-refractivity contribution in [2.24, 2.45) is 5.14 Å². The van der Waals surface area contributed by atoms with Crippen LogP contribution < -0.4 is 15.8 Å². The first-order valence-corrected chi connectivity index (χ1v) is 7.51. The Morgan fingerprint density at radius 3 is 2.70 bits per heavy atom. The van der Waals surface area contributed by atoms with Gasteiger partial charge in [0, 0.05) is 23.3 Å². The molecule has 0 aliphatic heterocycles. The van der Waals surface area contributed by atoms with E-state index in [2.05, 4.69) is 36.5 Å². The van der Waals surface area contributed by atoms with Gasteiger partial charge in [-0.25, -0.2) is 4.98 Å². The first-order chi connectivity index (χ1) is 9.72. The summed E-state index contributed by atoms with van der Waals surface area (Å²) in [4.78, 5) is 9.49. The van der Waals surface area contributed by atoms with Gasteiger partial charge in [0.1, 0.15) is 5.82 Å². The van der Waals surface area contributed by atoms with Crippen LogP contribution >= 0.6 is 27.9 Å². The Morgan fingerprint density at radius 1 is 1.30 bits per heavy atom. The number of rotatable bonds is 6. The second-order valence-electron chi connectivity index (χ2n) is 3.81. The number of halogens is 1. The smallest absolute Gasteiger partial charge is 0.229 e. The Hall–Kier alpha value is -1.35. The molecule has 1 aromatic carbocycles. The SMILES string of the molecule is NSc1ccc(Nc2ncc(Br)c(NCCO)n2)cc1. The average Bonchev–Trinajstić information content (AvgIpc) is 2.48. The number of nitrogens with two attached hydrogens (primary N) is 1. The summed E-state index contributed by atoms with van der Waals surface area (Å²) in [7, 11) is 0. The fourth-order valence-corrected chi connectivity index (χ4v) is 2.10. The number of hydrogen-bond acceptors (Lipinski definition) is 7. The molecule has 0 saturated heterocycles. The van der Waals surface area contributed by atoms with Crippen LogP contribution in [0.2, 0.25) is 0 Å². The fraction of sp³-hybridized carbons (Fsp3) is 0.167. The Bertz CT molecular complexity index is 566. The summed E-state index contributed by atoms with van der Waals surface area (Å²) in [6.07, 6.45) is 1.65. The summed E-state index contributed by atoms with van der Waals surface area (Å²) < 4.78 is 0.742. The zero-order valence-electron chi connectivity index (χ0n) is 10.5. The standard InChI is InChI=1S/C12H14BrN5OS/c13-10-7-16-12(18-11(10)15-5-6-19)17-8-1-3-9(20-14)4-2-8/h1-4,7,19H,5-6,14H2,(H2,15,16,17,18). The lowest BCUT2D eigenvalue weighted by Crippen LogP contribution is -2.09. The summed E-state index contributed by atoms with van der Waals surface area (Å²) in [5.74, 6) is 1.10. The molecule has 0 aliphatic rings. The predicted molar refractivity (Wildman–Crippen MR) is 85.1 cm³/mol. The van der Waals surface area contributed by atoms with Crippen LogP contribution in [0.3, 0.4) is 0 Å². The van der Waals surface area contributed by atoms with Crippen molar-refractivity contribution in [1.82, 2.24) is 9.97 Å². The number of benzene rings is 1. The summed E-state index contributed by atoms with van der Waals surface area (Å²) >= 11 is 4.55. The van der Waals surface area contributed by atoms with Gasteiger partial charge in [-0.3, -0.25) is 5.14 Å². The van der Waals surface area contributed by atoms with E-state index in [0.717, 1.165) is 15.1 Å². The molecule has 0 aliphatic carbocycles. The zero-order chi connectivity index (χ0) is 14.4. The molecular formula is C12H14BrN5OS. The van der Waals surface area contributed by atoms with Crippen LogP contribution in [0.1, 0.15) is 0 Å². The van der Waals surface area contributed by atoms with Crippen molar-refractivity contribution in [3.8, 4) is 0 Å². The lowest BCUT2D eigenvalue weighted by atomic mass is 10.3. The average molecular weight is 356 g/mol. The van der Waals surface area contributed by atoms with Crippen LogP contribution in [0.5, 0.6) is 0 Å². The lowest BCUT2D eigenvalue weighted by molar-refractivity contribution is 0.311. The van der Waals surface area contributed by atoms with Crippen LogP contribution in [-0.4, -0.2) is 28.2 Å². The topological polar surface area (TPSA) is 96.1 Å². The monoisotopic (exact) mass is 355 g/mol. The number of anilines is 3. The third-order valence-corrected chi connectivity index (χ3v) is 3.52. The van der Waals surface area contributed by atoms with Crippen molar-refractivity contribution in [1.29, 1.82) is 0 Å². The number of aliphatic hydroxyl groups is 1. The van der Waals surface area contributed by atoms with Crippen molar-refractivity contribution in [3.05, 3.63) is 34.9 Å². The molecule has 6 nitrogen and oxygen atoms in total. The molecule has 1 aromatic heterocycles. The highest BCUT2D eigenvalue weighted by Gasteiger charge is 2.05. The molecule has 5 N–H and O–H groups in total. The lowest BCUT2D eigenvalue weighted by Gasteiger charge is -2.09. The van der Waals surface area contributed by atoms with Crippen LogP contribution in [0.25, 0.3) is 0 Å². The molecule has 0 bridgehead atoms. The fourth-order valence-electron chi connectivity index (χ4n) is 1.47. The summed E-state index contributed by atoms with van der Waals surface area (Å²) in [5.41, 5.74) is 0.873. The molecule has 20 heavy (non-hydrogen) atoms. The molecule has 0 radical (unpaired) electrons. The maximum absolute atomic E-state index is 8.82. The molecule has 2 rings (SSSR count). The molecular weight excluding hydrogens is 342 g/mol. The van der Waals surface area contributed by atoms with Gasteiger partial charge in [0.25, 0.3) is 0 Å². The number of aromatic nitrogens is 2. The van der Waals surface area contributed by atoms with E-state index in [1.807, 2.05) is 24.3 Å². The molecule has 2 aromatic rings. The van der Waals surface area contributed by atoms with E-state index in [-0.39, 0.29) is 6.61 Å². The minimum atomic E-state index is 0.0391. The molecule has 0 saturated carbocycles. The molecule has 0 fully saturated rings. The van der Waals surface area contributed by atoms with Gasteiger partial charge in [-0.15, -0.1) is 0 Å². The highest BCUT2D eigenvalue weighted by Crippen LogP contribution is 2.22. The van der Waals surface area contributed by atoms with E-state index in [4.69, 9.17) is 10.2 Å². The Balaban J connectivity index is 2.11. The molecule has 0 amide bonds. The van der Waals surface area contributed by atoms with Gasteiger partial charge in [0.2, 0.25) is 5.95 Å². The van der Waals surface area contributed by atoms with Crippen molar-refractivity contribution < 1.29 is 5.11 Å². The molecule has 0 unspecified atom stereocenters. The molecule has 106 valence electrons. The highest BCUT2D eigenvalue weighted by atomic mass is 79.9. The summed E-state index contributed by atoms with van der Waals surface area (Å²) in [6.45, 7) is 0.467. The highest BCUT2D eigenvalue weighted by molar-refractivity contribution is 9.10. The zero-order valence-corrected chi connectivity index (χ0v) is 12.9. The number of hydrogen-bond donors (Lipinski definition) is 4. The second kappa shape index (κ2) is 7.44. The van der Waals surface area contributed by atoms with E-state index < -0.39 is 0 Å². The third-order valence-electron chi connectivity index (χ3n) is 2.39. The molecule has 1 heterocycles. The third kappa shape index (κ3) is 4.07. The van der Waals surface area contributed by atoms with E-state index in [0.29, 0.717) is 18.3 Å². The number of aliphatic hydroxyl groups excluding tert-OH is 1. The maximum Gasteiger partial charge on any atom is 0.229 e. The number of nitrogens with zero attached hydrogens (tertiary/aromatic N) is 2. The molecule has 8 heteroatoms. The summed E-state index contributed by atoms with van der Waals surface area (Å²) in [6, 6.07) is 7.64. The minimum Gasteiger partial charge on any atom is -0.395 e. The van der Waals surface area contributed by atoms with Gasteiger partial charge in [-0.2, -0.15) is 4.98 Å². The minimum absolute atomic E-state index is 0.0391. The van der Waals surface area contributed by atoms with Crippen LogP contribution in [-0.2, 0) is 0 Å². The largest absolute Gasteiger partial charge is 0.395 e. The van der Waals surface area contributed by atoms with Crippen molar-refractivity contribution in [2.75, 3.05) is 23.8 Å². The van der Waals surface area contributed by atoms with Gasteiger partial charge >= 0.3 is 0 Å². The maximum atomic E-state index is 8.82. The molecule has 0 atom stereocenters. The van der Waals surface area contributed by atoms with Crippen molar-refractivity contribution >= 4 is 45.3 Å².